The van der Waals surface area contributed by atoms with Crippen LogP contribution < -0.4 is 10.5 Å². The van der Waals surface area contributed by atoms with Crippen molar-refractivity contribution >= 4 is 27.5 Å². The number of hydrogen-bond acceptors (Lipinski definition) is 5. The minimum absolute atomic E-state index is 0.0932. The number of nitrogens with two attached hydrogens (primary N) is 1. The highest BCUT2D eigenvalue weighted by molar-refractivity contribution is 8.00. The molecular formula is C14H25N3O2S2. The Morgan fingerprint density at radius 1 is 1.33 bits per heavy atom. The molecule has 0 radical (unpaired) electrons. The highest BCUT2D eigenvalue weighted by Crippen LogP contribution is 2.20. The van der Waals surface area contributed by atoms with E-state index in [-0.39, 0.29) is 11.3 Å². The Kier molecular flexibility index (Phi) is 6.52. The number of thioether (sulfide) groups is 1. The van der Waals surface area contributed by atoms with Crippen LogP contribution in [-0.2, 0) is 10.0 Å². The van der Waals surface area contributed by atoms with E-state index in [2.05, 4.69) is 4.72 Å². The molecule has 7 heteroatoms. The molecule has 0 saturated heterocycles. The van der Waals surface area contributed by atoms with E-state index >= 15 is 0 Å². The molecule has 5 nitrogen and oxygen atoms in total. The van der Waals surface area contributed by atoms with E-state index in [1.165, 1.54) is 11.8 Å². The highest BCUT2D eigenvalue weighted by atomic mass is 32.2. The monoisotopic (exact) mass is 331 g/mol. The van der Waals surface area contributed by atoms with Crippen LogP contribution in [0, 0.1) is 0 Å². The van der Waals surface area contributed by atoms with Crippen LogP contribution in [0.5, 0.6) is 0 Å². The van der Waals surface area contributed by atoms with Gasteiger partial charge in [-0.3, -0.25) is 0 Å². The van der Waals surface area contributed by atoms with Gasteiger partial charge in [0.2, 0.25) is 10.0 Å². The topological polar surface area (TPSA) is 75.4 Å². The summed E-state index contributed by atoms with van der Waals surface area (Å²) in [6, 6.07) is 7.45. The fourth-order valence-corrected chi connectivity index (χ4v) is 3.95. The largest absolute Gasteiger partial charge is 0.399 e. The lowest BCUT2D eigenvalue weighted by Crippen LogP contribution is -2.48. The number of anilines is 1. The van der Waals surface area contributed by atoms with Crippen LogP contribution in [0.15, 0.2) is 29.2 Å². The summed E-state index contributed by atoms with van der Waals surface area (Å²) in [7, 11) is 0.612. The molecule has 0 fully saturated rings. The van der Waals surface area contributed by atoms with Crippen molar-refractivity contribution in [1.82, 2.24) is 9.62 Å². The van der Waals surface area contributed by atoms with Gasteiger partial charge in [-0.05, 0) is 46.1 Å². The summed E-state index contributed by atoms with van der Waals surface area (Å²) >= 11 is 1.49. The second-order valence-corrected chi connectivity index (χ2v) is 8.86. The van der Waals surface area contributed by atoms with E-state index in [1.807, 2.05) is 57.1 Å². The Morgan fingerprint density at radius 3 is 2.57 bits per heavy atom. The maximum absolute atomic E-state index is 12.0. The fraction of sp³-hybridized carbons (Fsp3) is 0.571. The average Bonchev–Trinajstić information content (AvgIpc) is 2.36. The normalized spacial score (nSPS) is 12.8. The molecule has 0 aliphatic carbocycles. The van der Waals surface area contributed by atoms with Crippen molar-refractivity contribution < 1.29 is 8.42 Å². The second kappa shape index (κ2) is 7.49. The molecule has 0 saturated carbocycles. The molecule has 1 rings (SSSR count). The standard InChI is InChI=1S/C14H25N3O2S2/c1-14(2,17(3)4)11-16-21(18,19)9-8-20-13-7-5-6-12(15)10-13/h5-7,10,16H,8-9,11,15H2,1-4H3. The molecule has 0 unspecified atom stereocenters. The van der Waals surface area contributed by atoms with Crippen molar-refractivity contribution in [1.29, 1.82) is 0 Å². The summed E-state index contributed by atoms with van der Waals surface area (Å²) in [4.78, 5) is 2.98. The molecule has 3 N–H and O–H groups in total. The zero-order valence-corrected chi connectivity index (χ0v) is 14.7. The molecule has 0 atom stereocenters. The van der Waals surface area contributed by atoms with Crippen LogP contribution in [0.1, 0.15) is 13.8 Å². The number of rotatable bonds is 8. The predicted molar refractivity (Wildman–Crippen MR) is 91.1 cm³/mol. The lowest BCUT2D eigenvalue weighted by atomic mass is 10.1. The average molecular weight is 332 g/mol. The van der Waals surface area contributed by atoms with Crippen molar-refractivity contribution in [3.63, 3.8) is 0 Å². The Labute approximate surface area is 132 Å². The van der Waals surface area contributed by atoms with Crippen molar-refractivity contribution in [2.24, 2.45) is 0 Å². The van der Waals surface area contributed by atoms with Crippen LogP contribution in [0.25, 0.3) is 0 Å². The number of nitrogens with zero attached hydrogens (tertiary/aromatic N) is 1. The molecule has 0 amide bonds. The maximum Gasteiger partial charge on any atom is 0.212 e. The van der Waals surface area contributed by atoms with Gasteiger partial charge in [-0.2, -0.15) is 0 Å². The number of sulfonamides is 1. The Balaban J connectivity index is 2.43. The van der Waals surface area contributed by atoms with Gasteiger partial charge >= 0.3 is 0 Å². The van der Waals surface area contributed by atoms with E-state index in [4.69, 9.17) is 5.73 Å². The van der Waals surface area contributed by atoms with Crippen LogP contribution in [-0.4, -0.2) is 51.0 Å². The predicted octanol–water partition coefficient (Wildman–Crippen LogP) is 1.62. The third kappa shape index (κ3) is 6.69. The van der Waals surface area contributed by atoms with Gasteiger partial charge in [0.15, 0.2) is 0 Å². The molecule has 0 spiro atoms. The number of benzene rings is 1. The van der Waals surface area contributed by atoms with Gasteiger partial charge in [0.25, 0.3) is 0 Å². The Hall–Kier alpha value is -0.760. The zero-order chi connectivity index (χ0) is 16.1. The molecule has 0 aliphatic heterocycles. The SMILES string of the molecule is CN(C)C(C)(C)CNS(=O)(=O)CCSc1cccc(N)c1. The molecule has 0 aliphatic rings. The molecule has 0 aromatic heterocycles. The van der Waals surface area contributed by atoms with E-state index in [0.29, 0.717) is 18.0 Å². The first kappa shape index (κ1) is 18.3. The van der Waals surface area contributed by atoms with E-state index in [1.54, 1.807) is 0 Å². The lowest BCUT2D eigenvalue weighted by molar-refractivity contribution is 0.199. The van der Waals surface area contributed by atoms with Gasteiger partial charge in [0.05, 0.1) is 5.75 Å². The molecule has 1 aromatic rings. The molecule has 120 valence electrons. The van der Waals surface area contributed by atoms with E-state index < -0.39 is 10.0 Å². The van der Waals surface area contributed by atoms with Gasteiger partial charge in [0.1, 0.15) is 0 Å². The van der Waals surface area contributed by atoms with Crippen molar-refractivity contribution in [2.75, 3.05) is 37.9 Å². The van der Waals surface area contributed by atoms with Crippen LogP contribution in [0.4, 0.5) is 5.69 Å². The number of nitrogens with one attached hydrogen (secondary N) is 1. The third-order valence-electron chi connectivity index (χ3n) is 3.41. The van der Waals surface area contributed by atoms with Gasteiger partial charge in [0, 0.05) is 28.4 Å². The van der Waals surface area contributed by atoms with Gasteiger partial charge in [-0.25, -0.2) is 13.1 Å². The molecule has 21 heavy (non-hydrogen) atoms. The van der Waals surface area contributed by atoms with Crippen LogP contribution >= 0.6 is 11.8 Å². The van der Waals surface area contributed by atoms with E-state index in [0.717, 1.165) is 4.90 Å². The van der Waals surface area contributed by atoms with Crippen molar-refractivity contribution in [3.8, 4) is 0 Å². The number of nitrogen functional groups attached to an aromatic ring is 1. The first-order chi connectivity index (χ1) is 9.62. The zero-order valence-electron chi connectivity index (χ0n) is 13.1. The summed E-state index contributed by atoms with van der Waals surface area (Å²) in [6.45, 7) is 4.39. The van der Waals surface area contributed by atoms with Crippen molar-refractivity contribution in [3.05, 3.63) is 24.3 Å². The second-order valence-electron chi connectivity index (χ2n) is 5.77. The first-order valence-corrected chi connectivity index (χ1v) is 9.39. The van der Waals surface area contributed by atoms with Crippen LogP contribution in [0.2, 0.25) is 0 Å². The van der Waals surface area contributed by atoms with E-state index in [9.17, 15) is 8.42 Å². The highest BCUT2D eigenvalue weighted by Gasteiger charge is 2.23. The lowest BCUT2D eigenvalue weighted by Gasteiger charge is -2.32. The van der Waals surface area contributed by atoms with Gasteiger partial charge in [-0.15, -0.1) is 11.8 Å². The van der Waals surface area contributed by atoms with Crippen LogP contribution in [0.3, 0.4) is 0 Å². The minimum Gasteiger partial charge on any atom is -0.399 e. The number of likely N-dealkylation sites (N-methyl/N-ethyl adjacent to an activating group) is 1. The quantitative estimate of drug-likeness (QED) is 0.559. The summed E-state index contributed by atoms with van der Waals surface area (Å²) in [5, 5.41) is 0. The molecule has 1 aromatic carbocycles. The Morgan fingerprint density at radius 2 is 2.00 bits per heavy atom. The first-order valence-electron chi connectivity index (χ1n) is 6.75. The van der Waals surface area contributed by atoms with Gasteiger partial charge < -0.3 is 10.6 Å². The smallest absolute Gasteiger partial charge is 0.212 e. The summed E-state index contributed by atoms with van der Waals surface area (Å²) in [5.41, 5.74) is 6.17. The van der Waals surface area contributed by atoms with Gasteiger partial charge in [-0.1, -0.05) is 6.07 Å². The summed E-state index contributed by atoms with van der Waals surface area (Å²) in [6.07, 6.45) is 0. The summed E-state index contributed by atoms with van der Waals surface area (Å²) in [5.74, 6) is 0.594. The Bertz CT molecular complexity index is 557. The maximum atomic E-state index is 12.0. The fourth-order valence-electron chi connectivity index (χ4n) is 1.39. The minimum atomic E-state index is -3.26. The molecular weight excluding hydrogens is 306 g/mol. The van der Waals surface area contributed by atoms with Crippen molar-refractivity contribution in [2.45, 2.75) is 24.3 Å². The molecule has 0 bridgehead atoms. The summed E-state index contributed by atoms with van der Waals surface area (Å²) < 4.78 is 26.6. The number of hydrogen-bond donors (Lipinski definition) is 2. The third-order valence-corrected chi connectivity index (χ3v) is 5.99. The molecule has 0 heterocycles.